The summed E-state index contributed by atoms with van der Waals surface area (Å²) < 4.78 is 46.2. The summed E-state index contributed by atoms with van der Waals surface area (Å²) in [5, 5.41) is 0. The molecule has 8 heteroatoms. The quantitative estimate of drug-likeness (QED) is 0.428. The predicted molar refractivity (Wildman–Crippen MR) is 123 cm³/mol. The number of ether oxygens (including phenoxy) is 1. The van der Waals surface area contributed by atoms with Crippen molar-refractivity contribution in [3.8, 4) is 17.7 Å². The number of anilines is 1. The zero-order valence-electron chi connectivity index (χ0n) is 17.8. The van der Waals surface area contributed by atoms with E-state index in [1.165, 1.54) is 16.4 Å². The molecule has 1 atom stereocenters. The van der Waals surface area contributed by atoms with Gasteiger partial charge in [-0.2, -0.15) is 0 Å². The van der Waals surface area contributed by atoms with Gasteiger partial charge in [-0.25, -0.2) is 18.0 Å². The molecule has 166 valence electrons. The van der Waals surface area contributed by atoms with Gasteiger partial charge < -0.3 is 4.74 Å². The topological polar surface area (TPSA) is 59.5 Å². The summed E-state index contributed by atoms with van der Waals surface area (Å²) in [6.07, 6.45) is 3.43. The molecule has 0 spiro atoms. The van der Waals surface area contributed by atoms with Gasteiger partial charge in [-0.1, -0.05) is 17.9 Å². The summed E-state index contributed by atoms with van der Waals surface area (Å²) in [7, 11) is 1.35. The molecule has 3 aromatic rings. The van der Waals surface area contributed by atoms with Crippen molar-refractivity contribution in [1.29, 1.82) is 0 Å². The van der Waals surface area contributed by atoms with E-state index in [1.54, 1.807) is 44.6 Å². The molecule has 0 saturated heterocycles. The van der Waals surface area contributed by atoms with Crippen LogP contribution < -0.4 is 9.04 Å². The molecule has 0 amide bonds. The van der Waals surface area contributed by atoms with Crippen molar-refractivity contribution in [2.45, 2.75) is 6.42 Å². The Bertz CT molecular complexity index is 1380. The minimum Gasteiger partial charge on any atom is -0.481 e. The Morgan fingerprint density at radius 2 is 1.94 bits per heavy atom. The fourth-order valence-electron chi connectivity index (χ4n) is 3.31. The first-order valence-electron chi connectivity index (χ1n) is 9.86. The van der Waals surface area contributed by atoms with E-state index < -0.39 is 28.4 Å². The number of ketones is 1. The van der Waals surface area contributed by atoms with Crippen molar-refractivity contribution in [2.75, 3.05) is 18.5 Å². The number of fused-ring (bicyclic) bond motifs is 1. The third-order valence-corrected chi connectivity index (χ3v) is 6.39. The van der Waals surface area contributed by atoms with Crippen LogP contribution in [-0.2, 0) is 17.4 Å². The van der Waals surface area contributed by atoms with Crippen LogP contribution in [0.25, 0.3) is 6.08 Å². The normalized spacial score (nSPS) is 16.2. The summed E-state index contributed by atoms with van der Waals surface area (Å²) >= 11 is 0. The Balaban J connectivity index is 1.64. The van der Waals surface area contributed by atoms with E-state index in [-0.39, 0.29) is 10.5 Å². The van der Waals surface area contributed by atoms with Gasteiger partial charge in [0.05, 0.1) is 12.8 Å². The Morgan fingerprint density at radius 3 is 2.70 bits per heavy atom. The van der Waals surface area contributed by atoms with Gasteiger partial charge in [-0.3, -0.25) is 9.10 Å². The van der Waals surface area contributed by atoms with Crippen LogP contribution >= 0.6 is 0 Å². The third kappa shape index (κ3) is 4.69. The lowest BCUT2D eigenvalue weighted by Gasteiger charge is -2.27. The van der Waals surface area contributed by atoms with Crippen molar-refractivity contribution in [1.82, 2.24) is 4.98 Å². The van der Waals surface area contributed by atoms with Crippen molar-refractivity contribution >= 4 is 28.5 Å². The third-order valence-electron chi connectivity index (χ3n) is 5.02. The average Bonchev–Trinajstić information content (AvgIpc) is 2.82. The molecular weight excluding hydrogens is 446 g/mol. The van der Waals surface area contributed by atoms with Crippen LogP contribution in [0, 0.1) is 23.5 Å². The van der Waals surface area contributed by atoms with Crippen LogP contribution in [0.4, 0.5) is 14.5 Å². The minimum atomic E-state index is -1.79. The lowest BCUT2D eigenvalue weighted by molar-refractivity contribution is 0.104. The Hall–Kier alpha value is -3.83. The second kappa shape index (κ2) is 9.35. The number of benzene rings is 2. The van der Waals surface area contributed by atoms with Gasteiger partial charge in [0.1, 0.15) is 4.91 Å². The van der Waals surface area contributed by atoms with Gasteiger partial charge in [0.15, 0.2) is 22.6 Å². The van der Waals surface area contributed by atoms with Crippen LogP contribution in [0.15, 0.2) is 59.6 Å². The van der Waals surface area contributed by atoms with Crippen LogP contribution in [0.2, 0.25) is 0 Å². The van der Waals surface area contributed by atoms with E-state index in [0.29, 0.717) is 29.1 Å². The average molecular weight is 464 g/mol. The number of hydrogen-bond acceptors (Lipinski definition) is 4. The fraction of sp³-hybridized carbons (Fsp3) is 0.120. The van der Waals surface area contributed by atoms with E-state index in [4.69, 9.17) is 4.74 Å². The summed E-state index contributed by atoms with van der Waals surface area (Å²) in [6, 6.07) is 12.0. The maximum Gasteiger partial charge on any atom is 0.213 e. The first-order valence-corrected chi connectivity index (χ1v) is 11.0. The zero-order valence-corrected chi connectivity index (χ0v) is 18.6. The number of hydrogen-bond donors (Lipinski definition) is 0. The number of halogens is 2. The summed E-state index contributed by atoms with van der Waals surface area (Å²) in [6.45, 7) is 0. The smallest absolute Gasteiger partial charge is 0.213 e. The van der Waals surface area contributed by atoms with Crippen LogP contribution in [0.1, 0.15) is 27.0 Å². The Morgan fingerprint density at radius 1 is 1.12 bits per heavy atom. The molecule has 0 N–H and O–H groups in total. The maximum absolute atomic E-state index is 13.6. The molecule has 0 radical (unpaired) electrons. The molecule has 0 bridgehead atoms. The number of aromatic nitrogens is 1. The van der Waals surface area contributed by atoms with Gasteiger partial charge in [-0.05, 0) is 53.6 Å². The number of pyridine rings is 1. The molecule has 1 aromatic heterocycles. The van der Waals surface area contributed by atoms with Gasteiger partial charge in [0, 0.05) is 36.9 Å². The highest BCUT2D eigenvalue weighted by Crippen LogP contribution is 2.33. The number of carbonyl (C=O) groups excluding carboxylic acids is 1. The van der Waals surface area contributed by atoms with Crippen molar-refractivity contribution in [3.05, 3.63) is 93.5 Å². The lowest BCUT2D eigenvalue weighted by Crippen LogP contribution is -2.31. The molecule has 0 saturated carbocycles. The number of methoxy groups -OCH3 is 1. The van der Waals surface area contributed by atoms with E-state index in [0.717, 1.165) is 17.7 Å². The molecule has 33 heavy (non-hydrogen) atoms. The van der Waals surface area contributed by atoms with Crippen LogP contribution in [0.5, 0.6) is 5.88 Å². The summed E-state index contributed by atoms with van der Waals surface area (Å²) in [4.78, 5) is 17.2. The minimum absolute atomic E-state index is 0.0232. The fourth-order valence-corrected chi connectivity index (χ4v) is 4.45. The largest absolute Gasteiger partial charge is 0.481 e. The monoisotopic (exact) mass is 464 g/mol. The summed E-state index contributed by atoms with van der Waals surface area (Å²) in [5.74, 6) is 4.11. The van der Waals surface area contributed by atoms with Gasteiger partial charge >= 0.3 is 0 Å². The van der Waals surface area contributed by atoms with Gasteiger partial charge in [0.2, 0.25) is 11.7 Å². The van der Waals surface area contributed by atoms with Gasteiger partial charge in [-0.15, -0.1) is 0 Å². The van der Waals surface area contributed by atoms with Crippen LogP contribution in [-0.4, -0.2) is 29.1 Å². The van der Waals surface area contributed by atoms with E-state index in [1.807, 2.05) is 6.07 Å². The molecule has 2 aromatic carbocycles. The molecule has 0 fully saturated rings. The molecule has 1 aliphatic heterocycles. The molecule has 1 unspecified atom stereocenters. The van der Waals surface area contributed by atoms with E-state index in [2.05, 4.69) is 16.8 Å². The highest BCUT2D eigenvalue weighted by molar-refractivity contribution is 7.91. The predicted octanol–water partition coefficient (Wildman–Crippen LogP) is 4.30. The molecule has 2 heterocycles. The molecule has 5 nitrogen and oxygen atoms in total. The van der Waals surface area contributed by atoms with E-state index in [9.17, 15) is 17.8 Å². The van der Waals surface area contributed by atoms with E-state index >= 15 is 0 Å². The number of rotatable bonds is 3. The highest BCUT2D eigenvalue weighted by Gasteiger charge is 2.32. The highest BCUT2D eigenvalue weighted by atomic mass is 32.2. The Labute approximate surface area is 192 Å². The first-order chi connectivity index (χ1) is 15.9. The molecule has 4 rings (SSSR count). The lowest BCUT2D eigenvalue weighted by atomic mass is 10.0. The number of nitrogens with zero attached hydrogens (tertiary/aromatic N) is 2. The van der Waals surface area contributed by atoms with Crippen LogP contribution in [0.3, 0.4) is 0 Å². The second-order valence-corrected chi connectivity index (χ2v) is 8.66. The summed E-state index contributed by atoms with van der Waals surface area (Å²) in [5.41, 5.74) is 2.64. The second-order valence-electron chi connectivity index (χ2n) is 7.17. The molecular formula is C25H18F2N2O3S. The maximum atomic E-state index is 13.6. The SMILES string of the molecule is COc1cc(CC#Cc2ccc3c(c2)C(=O)/C(=C\c2ccc(F)c(F)c2)S(=O)N3C)ccn1. The number of allylic oxidation sites excluding steroid dienone is 1. The standard InChI is InChI=1S/C25H18F2N2O3S/c1-29-22-9-7-16(4-3-5-17-10-11-28-24(15-17)32-2)12-19(22)25(30)23(33(29)31)14-18-6-8-20(26)21(27)13-18/h6-15H,5H2,1-2H3/b23-14+. The van der Waals surface area contributed by atoms with Crippen molar-refractivity contribution in [3.63, 3.8) is 0 Å². The number of Topliss-reactive ketones (excluding diaryl/α,β-unsaturated/α-hetero) is 1. The molecule has 1 aliphatic rings. The molecule has 0 aliphatic carbocycles. The van der Waals surface area contributed by atoms with Crippen molar-refractivity contribution in [2.24, 2.45) is 0 Å². The zero-order chi connectivity index (χ0) is 23.5. The first kappa shape index (κ1) is 22.4. The Kier molecular flexibility index (Phi) is 6.33. The van der Waals surface area contributed by atoms with Crippen molar-refractivity contribution < 1.29 is 22.5 Å². The number of carbonyl (C=O) groups is 1. The van der Waals surface area contributed by atoms with Gasteiger partial charge in [0.25, 0.3) is 0 Å².